The molecule has 2 rings (SSSR count). The molecule has 0 fully saturated rings. The molecule has 0 bridgehead atoms. The molecule has 7 heteroatoms. The van der Waals surface area contributed by atoms with Crippen LogP contribution in [0.25, 0.3) is 0 Å². The maximum absolute atomic E-state index is 12.4. The third-order valence-corrected chi connectivity index (χ3v) is 7.14. The molecule has 20 heavy (non-hydrogen) atoms. The Bertz CT molecular complexity index is 695. The summed E-state index contributed by atoms with van der Waals surface area (Å²) in [7, 11) is -3.51. The van der Waals surface area contributed by atoms with Crippen molar-refractivity contribution in [3.8, 4) is 0 Å². The van der Waals surface area contributed by atoms with E-state index >= 15 is 0 Å². The number of aryl methyl sites for hydroxylation is 3. The Morgan fingerprint density at radius 3 is 2.50 bits per heavy atom. The van der Waals surface area contributed by atoms with E-state index in [9.17, 15) is 8.42 Å². The Balaban J connectivity index is 2.21. The van der Waals surface area contributed by atoms with Crippen molar-refractivity contribution >= 4 is 32.7 Å². The van der Waals surface area contributed by atoms with Gasteiger partial charge in [0.15, 0.2) is 0 Å². The minimum atomic E-state index is -3.51. The fourth-order valence-corrected chi connectivity index (χ4v) is 5.75. The second-order valence-corrected chi connectivity index (χ2v) is 8.66. The van der Waals surface area contributed by atoms with Crippen molar-refractivity contribution in [2.75, 3.05) is 0 Å². The van der Waals surface area contributed by atoms with Crippen molar-refractivity contribution in [1.29, 1.82) is 0 Å². The molecule has 0 radical (unpaired) electrons. The van der Waals surface area contributed by atoms with E-state index in [1.165, 1.54) is 21.8 Å². The number of nitrogens with one attached hydrogen (secondary N) is 1. The second kappa shape index (κ2) is 5.95. The summed E-state index contributed by atoms with van der Waals surface area (Å²) in [6.07, 6.45) is 0. The predicted molar refractivity (Wildman–Crippen MR) is 84.8 cm³/mol. The molecule has 2 aromatic heterocycles. The Kier molecular flexibility index (Phi) is 4.66. The van der Waals surface area contributed by atoms with Gasteiger partial charge in [-0.25, -0.2) is 13.1 Å². The molecule has 2 heterocycles. The molecule has 0 aliphatic rings. The maximum atomic E-state index is 12.4. The first-order chi connectivity index (χ1) is 9.35. The normalized spacial score (nSPS) is 12.0. The van der Waals surface area contributed by atoms with Crippen molar-refractivity contribution in [2.24, 2.45) is 5.73 Å². The third kappa shape index (κ3) is 3.12. The zero-order chi connectivity index (χ0) is 14.9. The number of nitrogens with two attached hydrogens (primary N) is 1. The van der Waals surface area contributed by atoms with Crippen LogP contribution in [0.5, 0.6) is 0 Å². The number of hydrogen-bond acceptors (Lipinski definition) is 5. The molecular weight excluding hydrogens is 312 g/mol. The van der Waals surface area contributed by atoms with Gasteiger partial charge in [-0.15, -0.1) is 22.7 Å². The summed E-state index contributed by atoms with van der Waals surface area (Å²) in [6.45, 7) is 6.42. The lowest BCUT2D eigenvalue weighted by atomic mass is 10.3. The van der Waals surface area contributed by atoms with Crippen molar-refractivity contribution in [1.82, 2.24) is 4.72 Å². The Hall–Kier alpha value is -0.730. The minimum absolute atomic E-state index is 0.242. The van der Waals surface area contributed by atoms with E-state index in [-0.39, 0.29) is 6.54 Å². The third-order valence-electron chi connectivity index (χ3n) is 3.10. The summed E-state index contributed by atoms with van der Waals surface area (Å²) in [5.41, 5.74) is 7.56. The van der Waals surface area contributed by atoms with E-state index in [4.69, 9.17) is 5.73 Å². The molecule has 0 aliphatic carbocycles. The average Bonchev–Trinajstić information content (AvgIpc) is 2.91. The van der Waals surface area contributed by atoms with E-state index in [0.29, 0.717) is 16.3 Å². The van der Waals surface area contributed by atoms with Gasteiger partial charge in [-0.1, -0.05) is 0 Å². The molecular formula is C13H18N2O2S3. The van der Waals surface area contributed by atoms with Gasteiger partial charge in [0, 0.05) is 27.7 Å². The van der Waals surface area contributed by atoms with Crippen LogP contribution in [-0.4, -0.2) is 8.42 Å². The quantitative estimate of drug-likeness (QED) is 0.885. The minimum Gasteiger partial charge on any atom is -0.326 e. The van der Waals surface area contributed by atoms with Gasteiger partial charge in [-0.3, -0.25) is 0 Å². The largest absolute Gasteiger partial charge is 0.326 e. The van der Waals surface area contributed by atoms with Gasteiger partial charge >= 0.3 is 0 Å². The smallest absolute Gasteiger partial charge is 0.242 e. The lowest BCUT2D eigenvalue weighted by Gasteiger charge is -2.07. The van der Waals surface area contributed by atoms with Crippen LogP contribution >= 0.6 is 22.7 Å². The summed E-state index contributed by atoms with van der Waals surface area (Å²) in [5.74, 6) is 0. The van der Waals surface area contributed by atoms with Crippen LogP contribution in [0.3, 0.4) is 0 Å². The molecule has 0 aliphatic heterocycles. The van der Waals surface area contributed by atoms with Gasteiger partial charge in [0.25, 0.3) is 0 Å². The molecule has 2 aromatic rings. The molecule has 0 unspecified atom stereocenters. The summed E-state index contributed by atoms with van der Waals surface area (Å²) < 4.78 is 27.5. The molecule has 4 nitrogen and oxygen atoms in total. The van der Waals surface area contributed by atoms with Crippen molar-refractivity contribution in [3.05, 3.63) is 37.2 Å². The average molecular weight is 331 g/mol. The van der Waals surface area contributed by atoms with Gasteiger partial charge in [0.05, 0.1) is 0 Å². The molecule has 0 atom stereocenters. The van der Waals surface area contributed by atoms with Crippen LogP contribution in [0, 0.1) is 20.8 Å². The first-order valence-electron chi connectivity index (χ1n) is 6.17. The molecule has 0 aromatic carbocycles. The molecule has 0 amide bonds. The summed E-state index contributed by atoms with van der Waals surface area (Å²) >= 11 is 3.01. The molecule has 3 N–H and O–H groups in total. The Morgan fingerprint density at radius 2 is 1.95 bits per heavy atom. The SMILES string of the molecule is Cc1cc(CNS(=O)(=O)c2c(C)csc2CN)sc1C. The number of hydrogen-bond donors (Lipinski definition) is 2. The summed E-state index contributed by atoms with van der Waals surface area (Å²) in [6, 6.07) is 2.02. The fourth-order valence-electron chi connectivity index (χ4n) is 1.96. The van der Waals surface area contributed by atoms with Crippen molar-refractivity contribution < 1.29 is 8.42 Å². The fraction of sp³-hybridized carbons (Fsp3) is 0.385. The summed E-state index contributed by atoms with van der Waals surface area (Å²) in [4.78, 5) is 3.28. The Labute approximate surface area is 127 Å². The second-order valence-electron chi connectivity index (χ2n) is 4.65. The highest BCUT2D eigenvalue weighted by molar-refractivity contribution is 7.89. The summed E-state index contributed by atoms with van der Waals surface area (Å²) in [5, 5.41) is 1.83. The predicted octanol–water partition coefficient (Wildman–Crippen LogP) is 2.67. The van der Waals surface area contributed by atoms with Crippen LogP contribution in [0.2, 0.25) is 0 Å². The van der Waals surface area contributed by atoms with E-state index in [1.54, 1.807) is 18.3 Å². The van der Waals surface area contributed by atoms with Gasteiger partial charge in [0.2, 0.25) is 10.0 Å². The van der Waals surface area contributed by atoms with Crippen LogP contribution in [0.15, 0.2) is 16.3 Å². The van der Waals surface area contributed by atoms with Crippen LogP contribution in [-0.2, 0) is 23.1 Å². The Morgan fingerprint density at radius 1 is 1.25 bits per heavy atom. The standard InChI is InChI=1S/C13H18N2O2S3/c1-8-4-11(19-10(8)3)6-15-20(16,17)13-9(2)7-18-12(13)5-14/h4,7,15H,5-6,14H2,1-3H3. The highest BCUT2D eigenvalue weighted by Gasteiger charge is 2.22. The van der Waals surface area contributed by atoms with Gasteiger partial charge in [0.1, 0.15) is 4.90 Å². The highest BCUT2D eigenvalue weighted by Crippen LogP contribution is 2.27. The van der Waals surface area contributed by atoms with E-state index in [2.05, 4.69) is 4.72 Å². The van der Waals surface area contributed by atoms with E-state index in [1.807, 2.05) is 25.3 Å². The van der Waals surface area contributed by atoms with Crippen molar-refractivity contribution in [2.45, 2.75) is 38.8 Å². The van der Waals surface area contributed by atoms with Crippen molar-refractivity contribution in [3.63, 3.8) is 0 Å². The first kappa shape index (κ1) is 15.7. The van der Waals surface area contributed by atoms with E-state index in [0.717, 1.165) is 10.4 Å². The molecule has 0 spiro atoms. The first-order valence-corrected chi connectivity index (χ1v) is 9.35. The van der Waals surface area contributed by atoms with E-state index < -0.39 is 10.0 Å². The number of thiophene rings is 2. The molecule has 110 valence electrons. The molecule has 0 saturated carbocycles. The zero-order valence-corrected chi connectivity index (χ0v) is 14.1. The van der Waals surface area contributed by atoms with Crippen LogP contribution < -0.4 is 10.5 Å². The zero-order valence-electron chi connectivity index (χ0n) is 11.7. The van der Waals surface area contributed by atoms with Crippen LogP contribution in [0.4, 0.5) is 0 Å². The van der Waals surface area contributed by atoms with Crippen LogP contribution in [0.1, 0.15) is 25.8 Å². The molecule has 0 saturated heterocycles. The van der Waals surface area contributed by atoms with Gasteiger partial charge in [-0.2, -0.15) is 0 Å². The monoisotopic (exact) mass is 330 g/mol. The maximum Gasteiger partial charge on any atom is 0.242 e. The number of rotatable bonds is 5. The number of sulfonamides is 1. The lowest BCUT2D eigenvalue weighted by Crippen LogP contribution is -2.24. The topological polar surface area (TPSA) is 72.2 Å². The highest BCUT2D eigenvalue weighted by atomic mass is 32.2. The van der Waals surface area contributed by atoms with Gasteiger partial charge in [-0.05, 0) is 43.3 Å². The van der Waals surface area contributed by atoms with Gasteiger partial charge < -0.3 is 5.73 Å². The lowest BCUT2D eigenvalue weighted by molar-refractivity contribution is 0.580.